The number of halogens is 2. The molecule has 0 fully saturated rings. The van der Waals surface area contributed by atoms with E-state index in [1.807, 2.05) is 24.3 Å². The molecule has 2 aromatic carbocycles. The molecule has 0 aromatic heterocycles. The summed E-state index contributed by atoms with van der Waals surface area (Å²) in [5.74, 6) is -1.93. The average Bonchev–Trinajstić information content (AvgIpc) is 2.65. The summed E-state index contributed by atoms with van der Waals surface area (Å²) in [6.07, 6.45) is 1.08. The van der Waals surface area contributed by atoms with E-state index >= 15 is 0 Å². The zero-order valence-corrected chi connectivity index (χ0v) is 18.7. The van der Waals surface area contributed by atoms with Crippen LogP contribution < -0.4 is 10.2 Å². The molecule has 0 heterocycles. The Kier molecular flexibility index (Phi) is 8.14. The SMILES string of the molecule is CCCc1ccc(N(C)C(=O)[C@H](Cc2cc(F)cc(F)c2)NC(=O)OC(C)(C)C)cc1. The van der Waals surface area contributed by atoms with Crippen molar-refractivity contribution < 1.29 is 23.1 Å². The number of hydrogen-bond acceptors (Lipinski definition) is 3. The molecule has 0 aliphatic rings. The smallest absolute Gasteiger partial charge is 0.408 e. The summed E-state index contributed by atoms with van der Waals surface area (Å²) in [5, 5.41) is 2.55. The molecule has 0 saturated carbocycles. The number of benzene rings is 2. The van der Waals surface area contributed by atoms with Crippen molar-refractivity contribution in [3.8, 4) is 0 Å². The lowest BCUT2D eigenvalue weighted by atomic mass is 10.0. The van der Waals surface area contributed by atoms with Gasteiger partial charge in [-0.3, -0.25) is 4.79 Å². The van der Waals surface area contributed by atoms with Crippen molar-refractivity contribution in [2.45, 2.75) is 58.6 Å². The minimum absolute atomic E-state index is 0.0922. The maximum atomic E-state index is 13.6. The molecule has 2 rings (SSSR count). The van der Waals surface area contributed by atoms with Crippen molar-refractivity contribution in [1.29, 1.82) is 0 Å². The maximum Gasteiger partial charge on any atom is 0.408 e. The third kappa shape index (κ3) is 7.66. The molecule has 168 valence electrons. The van der Waals surface area contributed by atoms with E-state index < -0.39 is 35.3 Å². The Balaban J connectivity index is 2.26. The van der Waals surface area contributed by atoms with Gasteiger partial charge in [-0.2, -0.15) is 0 Å². The molecule has 5 nitrogen and oxygen atoms in total. The number of rotatable bonds is 7. The Hall–Kier alpha value is -2.96. The number of nitrogens with zero attached hydrogens (tertiary/aromatic N) is 1. The summed E-state index contributed by atoms with van der Waals surface area (Å²) in [5.41, 5.74) is 1.29. The van der Waals surface area contributed by atoms with Crippen LogP contribution in [0.5, 0.6) is 0 Å². The Morgan fingerprint density at radius 1 is 1.03 bits per heavy atom. The first kappa shape index (κ1) is 24.3. The van der Waals surface area contributed by atoms with E-state index in [-0.39, 0.29) is 12.0 Å². The molecule has 2 amide bonds. The van der Waals surface area contributed by atoms with Crippen molar-refractivity contribution in [3.63, 3.8) is 0 Å². The Morgan fingerprint density at radius 3 is 2.13 bits per heavy atom. The zero-order valence-electron chi connectivity index (χ0n) is 18.7. The Bertz CT molecular complexity index is 888. The van der Waals surface area contributed by atoms with E-state index in [0.29, 0.717) is 5.69 Å². The molecule has 2 aromatic rings. The summed E-state index contributed by atoms with van der Waals surface area (Å²) < 4.78 is 32.5. The minimum Gasteiger partial charge on any atom is -0.444 e. The van der Waals surface area contributed by atoms with Gasteiger partial charge in [0.2, 0.25) is 5.91 Å². The molecule has 0 aliphatic carbocycles. The van der Waals surface area contributed by atoms with E-state index in [2.05, 4.69) is 12.2 Å². The average molecular weight is 433 g/mol. The van der Waals surface area contributed by atoms with Crippen LogP contribution in [0.25, 0.3) is 0 Å². The maximum absolute atomic E-state index is 13.6. The standard InChI is InChI=1S/C24H30F2N2O3/c1-6-7-16-8-10-20(11-9-16)28(5)22(29)21(27-23(30)31-24(2,3)4)14-17-12-18(25)15-19(26)13-17/h8-13,15,21H,6-7,14H2,1-5H3,(H,27,30)/t21-/m0/s1. The number of ether oxygens (including phenoxy) is 1. The number of aryl methyl sites for hydroxylation is 1. The molecule has 0 saturated heterocycles. The van der Waals surface area contributed by atoms with Gasteiger partial charge in [-0.05, 0) is 62.6 Å². The fraction of sp³-hybridized carbons (Fsp3) is 0.417. The van der Waals surface area contributed by atoms with Crippen LogP contribution in [0.4, 0.5) is 19.3 Å². The van der Waals surface area contributed by atoms with Crippen LogP contribution in [0, 0.1) is 11.6 Å². The lowest BCUT2D eigenvalue weighted by molar-refractivity contribution is -0.120. The molecule has 1 atom stereocenters. The summed E-state index contributed by atoms with van der Waals surface area (Å²) >= 11 is 0. The van der Waals surface area contributed by atoms with Gasteiger partial charge in [-0.25, -0.2) is 13.6 Å². The number of anilines is 1. The van der Waals surface area contributed by atoms with Gasteiger partial charge in [-0.1, -0.05) is 25.5 Å². The van der Waals surface area contributed by atoms with Crippen LogP contribution in [0.15, 0.2) is 42.5 Å². The van der Waals surface area contributed by atoms with Crippen LogP contribution in [-0.4, -0.2) is 30.7 Å². The first-order valence-corrected chi connectivity index (χ1v) is 10.3. The van der Waals surface area contributed by atoms with Gasteiger partial charge in [0.1, 0.15) is 23.3 Å². The topological polar surface area (TPSA) is 58.6 Å². The Morgan fingerprint density at radius 2 is 1.61 bits per heavy atom. The minimum atomic E-state index is -1.07. The van der Waals surface area contributed by atoms with Crippen LogP contribution in [-0.2, 0) is 22.4 Å². The lowest BCUT2D eigenvalue weighted by Crippen LogP contribution is -2.50. The van der Waals surface area contributed by atoms with E-state index in [1.165, 1.54) is 4.90 Å². The van der Waals surface area contributed by atoms with Gasteiger partial charge < -0.3 is 15.0 Å². The van der Waals surface area contributed by atoms with Crippen LogP contribution in [0.1, 0.15) is 45.2 Å². The van der Waals surface area contributed by atoms with Gasteiger partial charge in [0, 0.05) is 25.2 Å². The molecule has 31 heavy (non-hydrogen) atoms. The molecule has 0 radical (unpaired) electrons. The second-order valence-corrected chi connectivity index (χ2v) is 8.49. The summed E-state index contributed by atoms with van der Waals surface area (Å²) in [6, 6.07) is 9.51. The molecule has 1 N–H and O–H groups in total. The van der Waals surface area contributed by atoms with Gasteiger partial charge in [0.05, 0.1) is 0 Å². The van der Waals surface area contributed by atoms with Gasteiger partial charge in [0.25, 0.3) is 0 Å². The first-order valence-electron chi connectivity index (χ1n) is 10.3. The molecule has 0 unspecified atom stereocenters. The highest BCUT2D eigenvalue weighted by Gasteiger charge is 2.28. The molecule has 7 heteroatoms. The molecule has 0 aliphatic heterocycles. The number of carbonyl (C=O) groups is 2. The fourth-order valence-corrected chi connectivity index (χ4v) is 3.15. The monoisotopic (exact) mass is 432 g/mol. The summed E-state index contributed by atoms with van der Waals surface area (Å²) in [4.78, 5) is 26.9. The largest absolute Gasteiger partial charge is 0.444 e. The zero-order chi connectivity index (χ0) is 23.2. The quantitative estimate of drug-likeness (QED) is 0.669. The normalized spacial score (nSPS) is 12.2. The summed E-state index contributed by atoms with van der Waals surface area (Å²) in [7, 11) is 1.59. The predicted molar refractivity (Wildman–Crippen MR) is 117 cm³/mol. The van der Waals surface area contributed by atoms with Gasteiger partial charge >= 0.3 is 6.09 Å². The third-order valence-electron chi connectivity index (χ3n) is 4.54. The van der Waals surface area contributed by atoms with Gasteiger partial charge in [0.15, 0.2) is 0 Å². The number of likely N-dealkylation sites (N-methyl/N-ethyl adjacent to an activating group) is 1. The predicted octanol–water partition coefficient (Wildman–Crippen LogP) is 5.02. The Labute approximate surface area is 182 Å². The highest BCUT2D eigenvalue weighted by Crippen LogP contribution is 2.18. The highest BCUT2D eigenvalue weighted by atomic mass is 19.1. The lowest BCUT2D eigenvalue weighted by Gasteiger charge is -2.27. The van der Waals surface area contributed by atoms with Crippen molar-refractivity contribution >= 4 is 17.7 Å². The first-order chi connectivity index (χ1) is 14.5. The fourth-order valence-electron chi connectivity index (χ4n) is 3.15. The summed E-state index contributed by atoms with van der Waals surface area (Å²) in [6.45, 7) is 7.20. The van der Waals surface area contributed by atoms with Crippen LogP contribution >= 0.6 is 0 Å². The number of carbonyl (C=O) groups excluding carboxylic acids is 2. The van der Waals surface area contributed by atoms with Crippen molar-refractivity contribution in [2.75, 3.05) is 11.9 Å². The molecule has 0 bridgehead atoms. The van der Waals surface area contributed by atoms with Crippen molar-refractivity contribution in [3.05, 3.63) is 65.2 Å². The molecular formula is C24H30F2N2O3. The number of nitrogens with one attached hydrogen (secondary N) is 1. The van der Waals surface area contributed by atoms with E-state index in [0.717, 1.165) is 36.6 Å². The van der Waals surface area contributed by atoms with Gasteiger partial charge in [-0.15, -0.1) is 0 Å². The number of alkyl carbamates (subject to hydrolysis) is 1. The molecule has 0 spiro atoms. The van der Waals surface area contributed by atoms with E-state index in [4.69, 9.17) is 4.74 Å². The third-order valence-corrected chi connectivity index (χ3v) is 4.54. The number of amides is 2. The van der Waals surface area contributed by atoms with E-state index in [1.54, 1.807) is 27.8 Å². The van der Waals surface area contributed by atoms with Crippen molar-refractivity contribution in [2.24, 2.45) is 0 Å². The van der Waals surface area contributed by atoms with Crippen molar-refractivity contribution in [1.82, 2.24) is 5.32 Å². The van der Waals surface area contributed by atoms with Crippen LogP contribution in [0.2, 0.25) is 0 Å². The second kappa shape index (κ2) is 10.4. The van der Waals surface area contributed by atoms with Crippen LogP contribution in [0.3, 0.4) is 0 Å². The van der Waals surface area contributed by atoms with E-state index in [9.17, 15) is 18.4 Å². The molecular weight excluding hydrogens is 402 g/mol. The highest BCUT2D eigenvalue weighted by molar-refractivity contribution is 5.98. The number of hydrogen-bond donors (Lipinski definition) is 1. The second-order valence-electron chi connectivity index (χ2n) is 8.49.